The summed E-state index contributed by atoms with van der Waals surface area (Å²) in [6.45, 7) is 7.12. The van der Waals surface area contributed by atoms with E-state index in [0.29, 0.717) is 6.04 Å². The maximum atomic E-state index is 5.40. The molecule has 1 aromatic rings. The van der Waals surface area contributed by atoms with Crippen LogP contribution in [0, 0.1) is 6.92 Å². The molecule has 1 unspecified atom stereocenters. The van der Waals surface area contributed by atoms with Gasteiger partial charge in [-0.2, -0.15) is 0 Å². The minimum absolute atomic E-state index is 0.626. The number of ether oxygens (including phenoxy) is 1. The van der Waals surface area contributed by atoms with Crippen LogP contribution in [0.2, 0.25) is 0 Å². The minimum Gasteiger partial charge on any atom is -0.380 e. The maximum Gasteiger partial charge on any atom is 0.0622 e. The molecular weight excluding hydrogens is 232 g/mol. The van der Waals surface area contributed by atoms with Gasteiger partial charge in [-0.15, -0.1) is 11.3 Å². The van der Waals surface area contributed by atoms with Gasteiger partial charge < -0.3 is 10.1 Å². The van der Waals surface area contributed by atoms with Crippen LogP contribution in [0.5, 0.6) is 0 Å². The van der Waals surface area contributed by atoms with E-state index in [2.05, 4.69) is 36.3 Å². The predicted molar refractivity (Wildman–Crippen MR) is 72.6 cm³/mol. The first-order valence-electron chi connectivity index (χ1n) is 6.30. The zero-order valence-electron chi connectivity index (χ0n) is 10.7. The van der Waals surface area contributed by atoms with E-state index in [4.69, 9.17) is 4.74 Å². The van der Waals surface area contributed by atoms with Crippen molar-refractivity contribution in [2.24, 2.45) is 0 Å². The molecule has 0 spiro atoms. The lowest BCUT2D eigenvalue weighted by Gasteiger charge is -2.22. The van der Waals surface area contributed by atoms with E-state index < -0.39 is 0 Å². The van der Waals surface area contributed by atoms with Gasteiger partial charge in [0.2, 0.25) is 0 Å². The lowest BCUT2D eigenvalue weighted by molar-refractivity contribution is 0.159. The van der Waals surface area contributed by atoms with Gasteiger partial charge in [-0.05, 0) is 32.5 Å². The lowest BCUT2D eigenvalue weighted by Crippen LogP contribution is -2.37. The van der Waals surface area contributed by atoms with Gasteiger partial charge in [-0.1, -0.05) is 0 Å². The van der Waals surface area contributed by atoms with Crippen LogP contribution in [0.25, 0.3) is 0 Å². The normalized spacial score (nSPS) is 20.3. The molecule has 2 rings (SSSR count). The largest absolute Gasteiger partial charge is 0.380 e. The van der Waals surface area contributed by atoms with E-state index in [0.717, 1.165) is 32.8 Å². The van der Waals surface area contributed by atoms with Crippen LogP contribution in [0.15, 0.2) is 12.1 Å². The van der Waals surface area contributed by atoms with Crippen molar-refractivity contribution in [3.8, 4) is 0 Å². The summed E-state index contributed by atoms with van der Waals surface area (Å²) in [5.74, 6) is 0. The molecule has 4 heteroatoms. The van der Waals surface area contributed by atoms with Gasteiger partial charge in [0.05, 0.1) is 6.61 Å². The molecule has 1 aliphatic heterocycles. The fourth-order valence-corrected chi connectivity index (χ4v) is 2.96. The topological polar surface area (TPSA) is 24.5 Å². The molecule has 1 N–H and O–H groups in total. The predicted octanol–water partition coefficient (Wildman–Crippen LogP) is 1.87. The number of thiophene rings is 1. The van der Waals surface area contributed by atoms with Crippen molar-refractivity contribution in [2.45, 2.75) is 25.9 Å². The molecule has 17 heavy (non-hydrogen) atoms. The molecule has 1 atom stereocenters. The van der Waals surface area contributed by atoms with Crippen LogP contribution >= 0.6 is 11.3 Å². The fourth-order valence-electron chi connectivity index (χ4n) is 2.10. The van der Waals surface area contributed by atoms with Crippen molar-refractivity contribution >= 4 is 11.3 Å². The van der Waals surface area contributed by atoms with E-state index >= 15 is 0 Å². The van der Waals surface area contributed by atoms with E-state index in [9.17, 15) is 0 Å². The van der Waals surface area contributed by atoms with Gasteiger partial charge in [0.15, 0.2) is 0 Å². The molecule has 0 aromatic carbocycles. The highest BCUT2D eigenvalue weighted by atomic mass is 32.1. The SMILES string of the molecule is Cc1ccc(CNCCN(C)C2CCOC2)s1. The number of likely N-dealkylation sites (N-methyl/N-ethyl adjacent to an activating group) is 1. The maximum absolute atomic E-state index is 5.40. The van der Waals surface area contributed by atoms with E-state index in [-0.39, 0.29) is 0 Å². The van der Waals surface area contributed by atoms with Gasteiger partial charge in [-0.25, -0.2) is 0 Å². The highest BCUT2D eigenvalue weighted by Crippen LogP contribution is 2.14. The molecule has 2 heterocycles. The van der Waals surface area contributed by atoms with Gasteiger partial charge in [-0.3, -0.25) is 4.90 Å². The molecule has 1 aliphatic rings. The molecule has 3 nitrogen and oxygen atoms in total. The highest BCUT2D eigenvalue weighted by molar-refractivity contribution is 7.11. The van der Waals surface area contributed by atoms with Gasteiger partial charge in [0.1, 0.15) is 0 Å². The summed E-state index contributed by atoms with van der Waals surface area (Å²) in [7, 11) is 2.19. The number of rotatable bonds is 6. The molecular formula is C13H22N2OS. The van der Waals surface area contributed by atoms with Gasteiger partial charge in [0.25, 0.3) is 0 Å². The second-order valence-electron chi connectivity index (χ2n) is 4.69. The number of nitrogens with zero attached hydrogens (tertiary/aromatic N) is 1. The first kappa shape index (κ1) is 13.0. The van der Waals surface area contributed by atoms with Gasteiger partial charge in [0, 0.05) is 42.0 Å². The Morgan fingerprint density at radius 2 is 2.41 bits per heavy atom. The third-order valence-corrected chi connectivity index (χ3v) is 4.27. The van der Waals surface area contributed by atoms with Crippen molar-refractivity contribution in [3.05, 3.63) is 21.9 Å². The molecule has 0 bridgehead atoms. The quantitative estimate of drug-likeness (QED) is 0.784. The van der Waals surface area contributed by atoms with Crippen molar-refractivity contribution in [1.82, 2.24) is 10.2 Å². The Morgan fingerprint density at radius 1 is 1.53 bits per heavy atom. The Morgan fingerprint density at radius 3 is 3.06 bits per heavy atom. The molecule has 0 amide bonds. The second kappa shape index (κ2) is 6.50. The smallest absolute Gasteiger partial charge is 0.0622 e. The Labute approximate surface area is 108 Å². The average Bonchev–Trinajstić information content (AvgIpc) is 2.95. The van der Waals surface area contributed by atoms with E-state index in [1.807, 2.05) is 11.3 Å². The van der Waals surface area contributed by atoms with Crippen molar-refractivity contribution in [2.75, 3.05) is 33.4 Å². The first-order valence-corrected chi connectivity index (χ1v) is 7.11. The monoisotopic (exact) mass is 254 g/mol. The zero-order valence-corrected chi connectivity index (χ0v) is 11.6. The Balaban J connectivity index is 1.59. The third kappa shape index (κ3) is 4.07. The molecule has 1 fully saturated rings. The molecule has 96 valence electrons. The molecule has 0 radical (unpaired) electrons. The summed E-state index contributed by atoms with van der Waals surface area (Å²) in [6, 6.07) is 5.02. The first-order chi connectivity index (χ1) is 8.25. The standard InChI is InChI=1S/C13H22N2OS/c1-11-3-4-13(17-11)9-14-6-7-15(2)12-5-8-16-10-12/h3-4,12,14H,5-10H2,1-2H3. The molecule has 0 aliphatic carbocycles. The van der Waals surface area contributed by atoms with E-state index in [1.165, 1.54) is 16.2 Å². The molecule has 1 aromatic heterocycles. The Bertz CT molecular complexity index is 334. The van der Waals surface area contributed by atoms with Crippen LogP contribution in [0.3, 0.4) is 0 Å². The summed E-state index contributed by atoms with van der Waals surface area (Å²) in [4.78, 5) is 5.22. The van der Waals surface area contributed by atoms with Crippen LogP contribution in [0.1, 0.15) is 16.2 Å². The fraction of sp³-hybridized carbons (Fsp3) is 0.692. The summed E-state index contributed by atoms with van der Waals surface area (Å²) in [5, 5.41) is 3.50. The second-order valence-corrected chi connectivity index (χ2v) is 6.06. The lowest BCUT2D eigenvalue weighted by atomic mass is 10.2. The van der Waals surface area contributed by atoms with Crippen molar-refractivity contribution in [3.63, 3.8) is 0 Å². The van der Waals surface area contributed by atoms with Crippen LogP contribution in [0.4, 0.5) is 0 Å². The van der Waals surface area contributed by atoms with Crippen LogP contribution < -0.4 is 5.32 Å². The highest BCUT2D eigenvalue weighted by Gasteiger charge is 2.19. The third-order valence-electron chi connectivity index (χ3n) is 3.27. The Hall–Kier alpha value is -0.420. The number of hydrogen-bond donors (Lipinski definition) is 1. The number of hydrogen-bond acceptors (Lipinski definition) is 4. The van der Waals surface area contributed by atoms with Crippen molar-refractivity contribution < 1.29 is 4.74 Å². The summed E-state index contributed by atoms with van der Waals surface area (Å²) < 4.78 is 5.40. The van der Waals surface area contributed by atoms with Crippen LogP contribution in [-0.4, -0.2) is 44.3 Å². The van der Waals surface area contributed by atoms with Gasteiger partial charge >= 0.3 is 0 Å². The summed E-state index contributed by atoms with van der Waals surface area (Å²) >= 11 is 1.88. The molecule has 1 saturated heterocycles. The van der Waals surface area contributed by atoms with E-state index in [1.54, 1.807) is 0 Å². The zero-order chi connectivity index (χ0) is 12.1. The minimum atomic E-state index is 0.626. The summed E-state index contributed by atoms with van der Waals surface area (Å²) in [6.07, 6.45) is 1.18. The van der Waals surface area contributed by atoms with Crippen molar-refractivity contribution in [1.29, 1.82) is 0 Å². The van der Waals surface area contributed by atoms with Crippen LogP contribution in [-0.2, 0) is 11.3 Å². The summed E-state index contributed by atoms with van der Waals surface area (Å²) in [5.41, 5.74) is 0. The average molecular weight is 254 g/mol. The molecule has 0 saturated carbocycles. The number of nitrogens with one attached hydrogen (secondary N) is 1. The Kier molecular flexibility index (Phi) is 4.98. The number of aryl methyl sites for hydroxylation is 1.